The minimum Gasteiger partial charge on any atom is -0.462 e. The van der Waals surface area contributed by atoms with Gasteiger partial charge in [0, 0.05) is 16.9 Å². The van der Waals surface area contributed by atoms with Gasteiger partial charge in [0.25, 0.3) is 5.91 Å². The molecule has 0 atom stereocenters. The van der Waals surface area contributed by atoms with Gasteiger partial charge in [-0.15, -0.1) is 10.2 Å². The highest BCUT2D eigenvalue weighted by Crippen LogP contribution is 2.23. The summed E-state index contributed by atoms with van der Waals surface area (Å²) in [6.45, 7) is 5.98. The zero-order chi connectivity index (χ0) is 28.6. The molecule has 40 heavy (non-hydrogen) atoms. The Labute approximate surface area is 235 Å². The predicted molar refractivity (Wildman–Crippen MR) is 150 cm³/mol. The molecule has 0 radical (unpaired) electrons. The van der Waals surface area contributed by atoms with E-state index in [1.54, 1.807) is 54.0 Å². The Morgan fingerprint density at radius 3 is 2.30 bits per heavy atom. The van der Waals surface area contributed by atoms with Crippen LogP contribution in [0.2, 0.25) is 0 Å². The van der Waals surface area contributed by atoms with Crippen LogP contribution in [0.1, 0.15) is 44.6 Å². The standard InChI is InChI=1S/C29H28FN5O4S/c1-4-39-28(38)20-7-11-23(12-8-20)32-26(36)17-40-29-34-33-25(35(29)24-13-9-22(30)10-14-24)16-31-27(37)21-6-5-18(2)19(3)15-21/h5-15H,4,16-17H2,1-3H3,(H,31,37)(H,32,36). The summed E-state index contributed by atoms with van der Waals surface area (Å²) in [6.07, 6.45) is 0. The van der Waals surface area contributed by atoms with Crippen LogP contribution in [0.15, 0.2) is 71.9 Å². The fourth-order valence-electron chi connectivity index (χ4n) is 3.73. The number of amides is 2. The number of thioether (sulfide) groups is 1. The van der Waals surface area contributed by atoms with Crippen molar-refractivity contribution in [3.8, 4) is 5.69 Å². The predicted octanol–water partition coefficient (Wildman–Crippen LogP) is 4.86. The quantitative estimate of drug-likeness (QED) is 0.210. The van der Waals surface area contributed by atoms with Crippen LogP contribution in [0, 0.1) is 19.7 Å². The average molecular weight is 562 g/mol. The lowest BCUT2D eigenvalue weighted by molar-refractivity contribution is -0.113. The van der Waals surface area contributed by atoms with Crippen LogP contribution < -0.4 is 10.6 Å². The van der Waals surface area contributed by atoms with Gasteiger partial charge in [-0.1, -0.05) is 17.8 Å². The summed E-state index contributed by atoms with van der Waals surface area (Å²) in [5.74, 6) is -0.970. The molecule has 0 saturated carbocycles. The molecule has 4 rings (SSSR count). The van der Waals surface area contributed by atoms with Crippen LogP contribution in [-0.4, -0.2) is 44.9 Å². The van der Waals surface area contributed by atoms with Crippen LogP contribution in [0.5, 0.6) is 0 Å². The second kappa shape index (κ2) is 13.0. The zero-order valence-corrected chi connectivity index (χ0v) is 23.0. The van der Waals surface area contributed by atoms with Crippen molar-refractivity contribution in [1.29, 1.82) is 0 Å². The lowest BCUT2D eigenvalue weighted by Gasteiger charge is -2.12. The van der Waals surface area contributed by atoms with Gasteiger partial charge in [-0.2, -0.15) is 0 Å². The van der Waals surface area contributed by atoms with Gasteiger partial charge in [-0.3, -0.25) is 14.2 Å². The molecule has 0 aliphatic carbocycles. The summed E-state index contributed by atoms with van der Waals surface area (Å²) in [5.41, 5.74) is 4.12. The highest BCUT2D eigenvalue weighted by Gasteiger charge is 2.18. The van der Waals surface area contributed by atoms with Crippen molar-refractivity contribution in [2.75, 3.05) is 17.7 Å². The van der Waals surface area contributed by atoms with Gasteiger partial charge in [0.1, 0.15) is 5.82 Å². The van der Waals surface area contributed by atoms with Crippen LogP contribution in [0.25, 0.3) is 5.69 Å². The van der Waals surface area contributed by atoms with E-state index >= 15 is 0 Å². The second-order valence-electron chi connectivity index (χ2n) is 8.83. The van der Waals surface area contributed by atoms with E-state index in [-0.39, 0.29) is 30.7 Å². The van der Waals surface area contributed by atoms with Gasteiger partial charge in [-0.25, -0.2) is 9.18 Å². The third kappa shape index (κ3) is 7.11. The summed E-state index contributed by atoms with van der Waals surface area (Å²) >= 11 is 1.14. The van der Waals surface area contributed by atoms with E-state index in [1.807, 2.05) is 26.0 Å². The summed E-state index contributed by atoms with van der Waals surface area (Å²) in [4.78, 5) is 37.2. The zero-order valence-electron chi connectivity index (χ0n) is 22.2. The Kier molecular flexibility index (Phi) is 9.28. The number of halogens is 1. The van der Waals surface area contributed by atoms with Crippen LogP contribution in [0.4, 0.5) is 10.1 Å². The number of aryl methyl sites for hydroxylation is 2. The number of aromatic nitrogens is 3. The smallest absolute Gasteiger partial charge is 0.338 e. The van der Waals surface area contributed by atoms with Crippen molar-refractivity contribution in [3.05, 3.63) is 101 Å². The van der Waals surface area contributed by atoms with E-state index < -0.39 is 11.8 Å². The van der Waals surface area contributed by atoms with Crippen molar-refractivity contribution in [2.24, 2.45) is 0 Å². The lowest BCUT2D eigenvalue weighted by Crippen LogP contribution is -2.24. The molecule has 0 unspecified atom stereocenters. The highest BCUT2D eigenvalue weighted by atomic mass is 32.2. The fraction of sp³-hybridized carbons (Fsp3) is 0.207. The third-order valence-corrected chi connectivity index (χ3v) is 6.90. The largest absolute Gasteiger partial charge is 0.462 e. The van der Waals surface area contributed by atoms with Crippen molar-refractivity contribution < 1.29 is 23.5 Å². The molecule has 0 fully saturated rings. The van der Waals surface area contributed by atoms with Crippen molar-refractivity contribution in [3.63, 3.8) is 0 Å². The Morgan fingerprint density at radius 2 is 1.62 bits per heavy atom. The molecule has 0 spiro atoms. The Balaban J connectivity index is 1.45. The normalized spacial score (nSPS) is 10.7. The number of carbonyl (C=O) groups excluding carboxylic acids is 3. The van der Waals surface area contributed by atoms with E-state index in [4.69, 9.17) is 4.74 Å². The van der Waals surface area contributed by atoms with Crippen molar-refractivity contribution in [2.45, 2.75) is 32.5 Å². The minimum absolute atomic E-state index is 0.00790. The van der Waals surface area contributed by atoms with Crippen molar-refractivity contribution in [1.82, 2.24) is 20.1 Å². The molecular weight excluding hydrogens is 533 g/mol. The number of nitrogens with zero attached hydrogens (tertiary/aromatic N) is 3. The van der Waals surface area contributed by atoms with Gasteiger partial charge in [0.15, 0.2) is 11.0 Å². The van der Waals surface area contributed by atoms with Gasteiger partial charge >= 0.3 is 5.97 Å². The summed E-state index contributed by atoms with van der Waals surface area (Å²) < 4.78 is 20.3. The Morgan fingerprint density at radius 1 is 0.925 bits per heavy atom. The summed E-state index contributed by atoms with van der Waals surface area (Å²) in [6, 6.07) is 17.6. The van der Waals surface area contributed by atoms with Crippen LogP contribution in [0.3, 0.4) is 0 Å². The molecule has 206 valence electrons. The monoisotopic (exact) mass is 561 g/mol. The number of hydrogen-bond donors (Lipinski definition) is 2. The van der Waals surface area contributed by atoms with Gasteiger partial charge < -0.3 is 15.4 Å². The molecule has 0 aliphatic heterocycles. The molecule has 0 bridgehead atoms. The van der Waals surface area contributed by atoms with Gasteiger partial charge in [0.05, 0.1) is 24.5 Å². The third-order valence-electron chi connectivity index (χ3n) is 5.97. The number of carbonyl (C=O) groups is 3. The number of esters is 1. The topological polar surface area (TPSA) is 115 Å². The molecule has 3 aromatic carbocycles. The van der Waals surface area contributed by atoms with E-state index in [2.05, 4.69) is 20.8 Å². The Bertz CT molecular complexity index is 1520. The second-order valence-corrected chi connectivity index (χ2v) is 9.77. The molecule has 9 nitrogen and oxygen atoms in total. The molecule has 2 N–H and O–H groups in total. The first-order valence-electron chi connectivity index (χ1n) is 12.5. The van der Waals surface area contributed by atoms with Gasteiger partial charge in [0.2, 0.25) is 5.91 Å². The molecule has 0 aliphatic rings. The van der Waals surface area contributed by atoms with Crippen LogP contribution >= 0.6 is 11.8 Å². The first-order valence-corrected chi connectivity index (χ1v) is 13.5. The molecule has 11 heteroatoms. The molecule has 2 amide bonds. The van der Waals surface area contributed by atoms with E-state index in [0.29, 0.717) is 33.5 Å². The minimum atomic E-state index is -0.433. The lowest BCUT2D eigenvalue weighted by atomic mass is 10.1. The summed E-state index contributed by atoms with van der Waals surface area (Å²) in [5, 5.41) is 14.5. The average Bonchev–Trinajstić information content (AvgIpc) is 3.35. The molecule has 0 saturated heterocycles. The first kappa shape index (κ1) is 28.5. The molecule has 1 aromatic heterocycles. The van der Waals surface area contributed by atoms with Gasteiger partial charge in [-0.05, 0) is 92.6 Å². The molecule has 1 heterocycles. The summed E-state index contributed by atoms with van der Waals surface area (Å²) in [7, 11) is 0. The fourth-order valence-corrected chi connectivity index (χ4v) is 4.50. The van der Waals surface area contributed by atoms with E-state index in [1.165, 1.54) is 12.1 Å². The molecular formula is C29H28FN5O4S. The maximum Gasteiger partial charge on any atom is 0.338 e. The van der Waals surface area contributed by atoms with Crippen molar-refractivity contribution >= 4 is 35.2 Å². The molecule has 4 aromatic rings. The number of rotatable bonds is 10. The van der Waals surface area contributed by atoms with E-state index in [9.17, 15) is 18.8 Å². The Hall–Kier alpha value is -4.51. The number of hydrogen-bond acceptors (Lipinski definition) is 7. The maximum absolute atomic E-state index is 13.6. The number of anilines is 1. The maximum atomic E-state index is 13.6. The van der Waals surface area contributed by atoms with Crippen LogP contribution in [-0.2, 0) is 16.1 Å². The van der Waals surface area contributed by atoms with E-state index in [0.717, 1.165) is 22.9 Å². The highest BCUT2D eigenvalue weighted by molar-refractivity contribution is 7.99. The number of nitrogens with one attached hydrogen (secondary N) is 2. The first-order chi connectivity index (χ1) is 19.2. The number of benzene rings is 3. The SMILES string of the molecule is CCOC(=O)c1ccc(NC(=O)CSc2nnc(CNC(=O)c3ccc(C)c(C)c3)n2-c2ccc(F)cc2)cc1. The number of ether oxygens (including phenoxy) is 1.